The average molecular weight is 364 g/mol. The number of hydrogen-bond acceptors (Lipinski definition) is 3. The number of nitrogens with zero attached hydrogens (tertiary/aromatic N) is 3. The van der Waals surface area contributed by atoms with Gasteiger partial charge in [-0.05, 0) is 48.6 Å². The lowest BCUT2D eigenvalue weighted by molar-refractivity contribution is 0.0921. The largest absolute Gasteiger partial charge is 0.345 e. The molecule has 2 aromatic heterocycles. The summed E-state index contributed by atoms with van der Waals surface area (Å²) in [5, 5.41) is 3.14. The lowest BCUT2D eigenvalue weighted by Gasteiger charge is -2.25. The molecule has 3 aromatic rings. The van der Waals surface area contributed by atoms with Crippen LogP contribution >= 0.6 is 0 Å². The van der Waals surface area contributed by atoms with Crippen molar-refractivity contribution in [1.29, 1.82) is 0 Å². The normalized spacial score (nSPS) is 15.6. The molecule has 1 saturated carbocycles. The van der Waals surface area contributed by atoms with Crippen molar-refractivity contribution in [2.45, 2.75) is 31.7 Å². The summed E-state index contributed by atoms with van der Waals surface area (Å²) >= 11 is 0. The molecule has 5 nitrogen and oxygen atoms in total. The molecule has 1 aliphatic rings. The molecule has 1 fully saturated rings. The van der Waals surface area contributed by atoms with Crippen molar-refractivity contribution < 1.29 is 9.18 Å². The lowest BCUT2D eigenvalue weighted by atomic mass is 9.91. The molecule has 1 unspecified atom stereocenters. The molecule has 4 rings (SSSR count). The van der Waals surface area contributed by atoms with Gasteiger partial charge in [-0.2, -0.15) is 0 Å². The predicted molar refractivity (Wildman–Crippen MR) is 99.9 cm³/mol. The highest BCUT2D eigenvalue weighted by atomic mass is 19.1. The van der Waals surface area contributed by atoms with Gasteiger partial charge in [0.15, 0.2) is 0 Å². The maximum Gasteiger partial charge on any atom is 0.253 e. The number of aromatic nitrogens is 3. The molecular formula is C21H21FN4O. The van der Waals surface area contributed by atoms with Gasteiger partial charge < -0.3 is 5.32 Å². The number of benzene rings is 1. The molecule has 27 heavy (non-hydrogen) atoms. The highest BCUT2D eigenvalue weighted by Gasteiger charge is 2.28. The van der Waals surface area contributed by atoms with Crippen LogP contribution in [0.3, 0.4) is 0 Å². The van der Waals surface area contributed by atoms with E-state index in [4.69, 9.17) is 0 Å². The molecule has 1 N–H and O–H groups in total. The van der Waals surface area contributed by atoms with Crippen LogP contribution in [0, 0.1) is 11.7 Å². The summed E-state index contributed by atoms with van der Waals surface area (Å²) in [6.45, 7) is 0. The Kier molecular flexibility index (Phi) is 4.96. The van der Waals surface area contributed by atoms with E-state index in [1.165, 1.54) is 25.0 Å². The van der Waals surface area contributed by atoms with Gasteiger partial charge in [0.1, 0.15) is 18.0 Å². The zero-order valence-corrected chi connectivity index (χ0v) is 14.9. The predicted octanol–water partition coefficient (Wildman–Crippen LogP) is 4.07. The van der Waals surface area contributed by atoms with E-state index in [0.717, 1.165) is 18.4 Å². The third kappa shape index (κ3) is 3.89. The van der Waals surface area contributed by atoms with Crippen LogP contribution in [0.4, 0.5) is 4.39 Å². The first-order valence-corrected chi connectivity index (χ1v) is 9.21. The van der Waals surface area contributed by atoms with E-state index in [0.29, 0.717) is 17.3 Å². The van der Waals surface area contributed by atoms with Gasteiger partial charge in [-0.3, -0.25) is 9.36 Å². The Morgan fingerprint density at radius 3 is 2.56 bits per heavy atom. The Balaban J connectivity index is 1.53. The summed E-state index contributed by atoms with van der Waals surface area (Å²) in [7, 11) is 0. The fourth-order valence-corrected chi connectivity index (χ4v) is 3.73. The first-order chi connectivity index (χ1) is 13.2. The number of amides is 1. The van der Waals surface area contributed by atoms with Crippen molar-refractivity contribution in [3.63, 3.8) is 0 Å². The monoisotopic (exact) mass is 364 g/mol. The Bertz CT molecular complexity index is 885. The van der Waals surface area contributed by atoms with Crippen LogP contribution < -0.4 is 5.32 Å². The molecule has 6 heteroatoms. The van der Waals surface area contributed by atoms with Gasteiger partial charge in [-0.25, -0.2) is 14.4 Å². The maximum atomic E-state index is 13.3. The van der Waals surface area contributed by atoms with Gasteiger partial charge in [0.05, 0.1) is 11.6 Å². The first-order valence-electron chi connectivity index (χ1n) is 9.21. The molecule has 1 aliphatic carbocycles. The molecule has 0 saturated heterocycles. The number of halogens is 1. The summed E-state index contributed by atoms with van der Waals surface area (Å²) in [4.78, 5) is 21.1. The molecule has 0 spiro atoms. The Hall–Kier alpha value is -3.02. The van der Waals surface area contributed by atoms with Crippen LogP contribution in [-0.4, -0.2) is 20.4 Å². The Morgan fingerprint density at radius 1 is 1.15 bits per heavy atom. The van der Waals surface area contributed by atoms with Crippen LogP contribution in [0.5, 0.6) is 0 Å². The van der Waals surface area contributed by atoms with Gasteiger partial charge in [0.2, 0.25) is 0 Å². The van der Waals surface area contributed by atoms with E-state index >= 15 is 0 Å². The van der Waals surface area contributed by atoms with Crippen LogP contribution in [-0.2, 0) is 0 Å². The highest BCUT2D eigenvalue weighted by Crippen LogP contribution is 2.36. The molecule has 0 aliphatic heterocycles. The molecule has 0 bridgehead atoms. The van der Waals surface area contributed by atoms with Crippen molar-refractivity contribution in [2.75, 3.05) is 0 Å². The van der Waals surface area contributed by atoms with Gasteiger partial charge in [0, 0.05) is 18.6 Å². The Morgan fingerprint density at radius 2 is 1.93 bits per heavy atom. The molecule has 0 radical (unpaired) electrons. The standard InChI is InChI=1S/C21H21FN4O/c22-18-8-5-16(6-9-18)20(15-3-1-2-4-15)25-21(27)17-7-10-19(24-13-17)26-12-11-23-14-26/h5-15,20H,1-4H2,(H,25,27). The number of pyridine rings is 1. The topological polar surface area (TPSA) is 59.8 Å². The zero-order chi connectivity index (χ0) is 18.6. The minimum absolute atomic E-state index is 0.117. The quantitative estimate of drug-likeness (QED) is 0.742. The van der Waals surface area contributed by atoms with E-state index in [9.17, 15) is 9.18 Å². The van der Waals surface area contributed by atoms with E-state index in [1.807, 2.05) is 0 Å². The molecule has 138 valence electrons. The van der Waals surface area contributed by atoms with Crippen LogP contribution in [0.25, 0.3) is 5.82 Å². The fraction of sp³-hybridized carbons (Fsp3) is 0.286. The number of carbonyl (C=O) groups is 1. The lowest BCUT2D eigenvalue weighted by Crippen LogP contribution is -2.32. The summed E-state index contributed by atoms with van der Waals surface area (Å²) < 4.78 is 15.1. The van der Waals surface area contributed by atoms with E-state index in [-0.39, 0.29) is 17.8 Å². The summed E-state index contributed by atoms with van der Waals surface area (Å²) in [5.41, 5.74) is 1.45. The van der Waals surface area contributed by atoms with Crippen LogP contribution in [0.2, 0.25) is 0 Å². The fourth-order valence-electron chi connectivity index (χ4n) is 3.73. The smallest absolute Gasteiger partial charge is 0.253 e. The number of rotatable bonds is 5. The van der Waals surface area contributed by atoms with Crippen molar-refractivity contribution in [2.24, 2.45) is 5.92 Å². The van der Waals surface area contributed by atoms with Gasteiger partial charge in [0.25, 0.3) is 5.91 Å². The second kappa shape index (κ2) is 7.70. The van der Waals surface area contributed by atoms with E-state index < -0.39 is 0 Å². The van der Waals surface area contributed by atoms with Gasteiger partial charge in [-0.1, -0.05) is 25.0 Å². The maximum absolute atomic E-state index is 13.3. The summed E-state index contributed by atoms with van der Waals surface area (Å²) in [5.74, 6) is 0.642. The second-order valence-electron chi connectivity index (χ2n) is 6.92. The molecule has 1 amide bonds. The van der Waals surface area contributed by atoms with Crippen molar-refractivity contribution in [3.8, 4) is 5.82 Å². The molecule has 2 heterocycles. The third-order valence-corrected chi connectivity index (χ3v) is 5.17. The number of imidazole rings is 1. The van der Waals surface area contributed by atoms with Crippen LogP contribution in [0.1, 0.15) is 47.6 Å². The summed E-state index contributed by atoms with van der Waals surface area (Å²) in [6.07, 6.45) is 11.2. The van der Waals surface area contributed by atoms with E-state index in [1.54, 1.807) is 53.8 Å². The zero-order valence-electron chi connectivity index (χ0n) is 14.9. The van der Waals surface area contributed by atoms with Crippen molar-refractivity contribution >= 4 is 5.91 Å². The first kappa shape index (κ1) is 17.4. The molecular weight excluding hydrogens is 343 g/mol. The van der Waals surface area contributed by atoms with Gasteiger partial charge in [-0.15, -0.1) is 0 Å². The molecule has 1 atom stereocenters. The third-order valence-electron chi connectivity index (χ3n) is 5.17. The van der Waals surface area contributed by atoms with Crippen LogP contribution in [0.15, 0.2) is 61.3 Å². The minimum Gasteiger partial charge on any atom is -0.345 e. The van der Waals surface area contributed by atoms with E-state index in [2.05, 4.69) is 15.3 Å². The number of carbonyl (C=O) groups excluding carboxylic acids is 1. The molecule has 1 aromatic carbocycles. The van der Waals surface area contributed by atoms with Crippen molar-refractivity contribution in [1.82, 2.24) is 19.9 Å². The summed E-state index contributed by atoms with van der Waals surface area (Å²) in [6, 6.07) is 9.86. The second-order valence-corrected chi connectivity index (χ2v) is 6.92. The number of hydrogen-bond donors (Lipinski definition) is 1. The van der Waals surface area contributed by atoms with Crippen molar-refractivity contribution in [3.05, 3.63) is 78.3 Å². The number of nitrogens with one attached hydrogen (secondary N) is 1. The highest BCUT2D eigenvalue weighted by molar-refractivity contribution is 5.94. The average Bonchev–Trinajstić information content (AvgIpc) is 3.41. The SMILES string of the molecule is O=C(NC(c1ccc(F)cc1)C1CCCC1)c1ccc(-n2ccnc2)nc1. The minimum atomic E-state index is -0.269. The Labute approximate surface area is 157 Å². The van der Waals surface area contributed by atoms with Gasteiger partial charge >= 0.3 is 0 Å².